The number of aromatic nitrogens is 1. The maximum atomic E-state index is 13.6. The summed E-state index contributed by atoms with van der Waals surface area (Å²) in [6, 6.07) is 17.5. The number of halogens is 1. The van der Waals surface area contributed by atoms with Crippen molar-refractivity contribution in [2.45, 2.75) is 38.8 Å². The minimum atomic E-state index is -0.0311. The number of piperidine rings is 1. The molecule has 0 saturated carbocycles. The predicted octanol–water partition coefficient (Wildman–Crippen LogP) is 5.58. The van der Waals surface area contributed by atoms with Crippen LogP contribution < -0.4 is 4.90 Å². The molecule has 4 rings (SSSR count). The van der Waals surface area contributed by atoms with Gasteiger partial charge in [0, 0.05) is 41.8 Å². The molecule has 1 aromatic heterocycles. The van der Waals surface area contributed by atoms with Crippen LogP contribution in [0.1, 0.15) is 42.1 Å². The number of rotatable bonds is 8. The van der Waals surface area contributed by atoms with Crippen LogP contribution in [0.3, 0.4) is 0 Å². The van der Waals surface area contributed by atoms with Gasteiger partial charge in [-0.05, 0) is 64.5 Å². The van der Waals surface area contributed by atoms with Crippen molar-refractivity contribution in [2.24, 2.45) is 0 Å². The van der Waals surface area contributed by atoms with Gasteiger partial charge in [-0.3, -0.25) is 4.79 Å². The number of hydrogen-bond donors (Lipinski definition) is 0. The fourth-order valence-electron chi connectivity index (χ4n) is 4.43. The van der Waals surface area contributed by atoms with Crippen molar-refractivity contribution in [2.75, 3.05) is 38.6 Å². The van der Waals surface area contributed by atoms with Crippen molar-refractivity contribution >= 4 is 23.4 Å². The van der Waals surface area contributed by atoms with Gasteiger partial charge in [0.2, 0.25) is 5.88 Å². The molecule has 2 aromatic carbocycles. The topological polar surface area (TPSA) is 52.8 Å². The lowest BCUT2D eigenvalue weighted by Crippen LogP contribution is -2.39. The standard InChI is InChI=1S/C27H33ClN4O2/c1-20-9-7-8-16-32(20)27-24(25(29-34-27)21-10-5-4-6-11-21)19-31(18-17-30(2)3)26(33)22-12-14-23(28)15-13-22/h4-6,10-15,20H,7-9,16-19H2,1-3H3. The molecule has 1 aliphatic rings. The molecule has 1 amide bonds. The summed E-state index contributed by atoms with van der Waals surface area (Å²) in [5, 5.41) is 5.12. The molecule has 7 heteroatoms. The SMILES string of the molecule is CC1CCCCN1c1onc(-c2ccccc2)c1CN(CCN(C)C)C(=O)c1ccc(Cl)cc1. The van der Waals surface area contributed by atoms with E-state index in [1.807, 2.05) is 49.3 Å². The van der Waals surface area contributed by atoms with E-state index in [4.69, 9.17) is 16.1 Å². The van der Waals surface area contributed by atoms with Crippen LogP contribution in [0.25, 0.3) is 11.3 Å². The van der Waals surface area contributed by atoms with Crippen molar-refractivity contribution in [1.82, 2.24) is 15.0 Å². The molecule has 180 valence electrons. The van der Waals surface area contributed by atoms with Gasteiger partial charge in [0.25, 0.3) is 5.91 Å². The lowest BCUT2D eigenvalue weighted by atomic mass is 10.0. The first-order valence-electron chi connectivity index (χ1n) is 11.9. The lowest BCUT2D eigenvalue weighted by Gasteiger charge is -2.34. The maximum Gasteiger partial charge on any atom is 0.254 e. The summed E-state index contributed by atoms with van der Waals surface area (Å²) < 4.78 is 6.00. The summed E-state index contributed by atoms with van der Waals surface area (Å²) >= 11 is 6.07. The van der Waals surface area contributed by atoms with E-state index >= 15 is 0 Å². The van der Waals surface area contributed by atoms with Gasteiger partial charge in [0.15, 0.2) is 0 Å². The summed E-state index contributed by atoms with van der Waals surface area (Å²) in [6.45, 7) is 4.92. The second kappa shape index (κ2) is 11.1. The Balaban J connectivity index is 1.73. The molecule has 0 bridgehead atoms. The molecule has 1 aliphatic heterocycles. The molecule has 0 aliphatic carbocycles. The van der Waals surface area contributed by atoms with Crippen LogP contribution in [0.15, 0.2) is 59.1 Å². The average molecular weight is 481 g/mol. The van der Waals surface area contributed by atoms with E-state index in [0.29, 0.717) is 29.7 Å². The highest BCUT2D eigenvalue weighted by molar-refractivity contribution is 6.30. The number of likely N-dealkylation sites (N-methyl/N-ethyl adjacent to an activating group) is 1. The van der Waals surface area contributed by atoms with Crippen molar-refractivity contribution in [3.05, 3.63) is 70.7 Å². The summed E-state index contributed by atoms with van der Waals surface area (Å²) in [4.78, 5) is 19.9. The Hall–Kier alpha value is -2.83. The van der Waals surface area contributed by atoms with Gasteiger partial charge in [-0.15, -0.1) is 0 Å². The molecule has 1 fully saturated rings. The third-order valence-corrected chi connectivity index (χ3v) is 6.67. The van der Waals surface area contributed by atoms with Gasteiger partial charge in [-0.2, -0.15) is 0 Å². The smallest absolute Gasteiger partial charge is 0.254 e. The molecule has 2 heterocycles. The summed E-state index contributed by atoms with van der Waals surface area (Å²) in [5.41, 5.74) is 3.37. The van der Waals surface area contributed by atoms with Gasteiger partial charge in [-0.1, -0.05) is 47.1 Å². The van der Waals surface area contributed by atoms with E-state index in [9.17, 15) is 4.79 Å². The number of hydrogen-bond acceptors (Lipinski definition) is 5. The van der Waals surface area contributed by atoms with Crippen LogP contribution in [-0.2, 0) is 6.54 Å². The molecule has 1 atom stereocenters. The van der Waals surface area contributed by atoms with Gasteiger partial charge < -0.3 is 19.2 Å². The maximum absolute atomic E-state index is 13.6. The molecular weight excluding hydrogens is 448 g/mol. The van der Waals surface area contributed by atoms with E-state index in [0.717, 1.165) is 48.6 Å². The van der Waals surface area contributed by atoms with E-state index in [1.165, 1.54) is 6.42 Å². The first-order valence-corrected chi connectivity index (χ1v) is 12.3. The van der Waals surface area contributed by atoms with Gasteiger partial charge in [-0.25, -0.2) is 0 Å². The Morgan fingerprint density at radius 2 is 1.82 bits per heavy atom. The van der Waals surface area contributed by atoms with Crippen LogP contribution in [0.5, 0.6) is 0 Å². The van der Waals surface area contributed by atoms with Crippen LogP contribution in [0, 0.1) is 0 Å². The largest absolute Gasteiger partial charge is 0.338 e. The van der Waals surface area contributed by atoms with Gasteiger partial charge >= 0.3 is 0 Å². The number of anilines is 1. The number of amides is 1. The Labute approximate surface area is 207 Å². The first-order chi connectivity index (χ1) is 16.4. The highest BCUT2D eigenvalue weighted by Gasteiger charge is 2.30. The molecule has 0 N–H and O–H groups in total. The Morgan fingerprint density at radius 1 is 1.09 bits per heavy atom. The zero-order valence-electron chi connectivity index (χ0n) is 20.2. The predicted molar refractivity (Wildman–Crippen MR) is 137 cm³/mol. The fourth-order valence-corrected chi connectivity index (χ4v) is 4.56. The monoisotopic (exact) mass is 480 g/mol. The van der Waals surface area contributed by atoms with Crippen molar-refractivity contribution in [3.63, 3.8) is 0 Å². The summed E-state index contributed by atoms with van der Waals surface area (Å²) in [7, 11) is 4.03. The second-order valence-electron chi connectivity index (χ2n) is 9.26. The van der Waals surface area contributed by atoms with E-state index in [1.54, 1.807) is 24.3 Å². The second-order valence-corrected chi connectivity index (χ2v) is 9.69. The van der Waals surface area contributed by atoms with Gasteiger partial charge in [0.05, 0.1) is 12.1 Å². The molecule has 0 radical (unpaired) electrons. The van der Waals surface area contributed by atoms with E-state index in [2.05, 4.69) is 21.9 Å². The molecule has 3 aromatic rings. The van der Waals surface area contributed by atoms with E-state index in [-0.39, 0.29) is 5.91 Å². The van der Waals surface area contributed by atoms with Crippen LogP contribution >= 0.6 is 11.6 Å². The minimum Gasteiger partial charge on any atom is -0.338 e. The number of carbonyl (C=O) groups is 1. The highest BCUT2D eigenvalue weighted by atomic mass is 35.5. The number of carbonyl (C=O) groups excluding carboxylic acids is 1. The minimum absolute atomic E-state index is 0.0311. The Bertz CT molecular complexity index is 1080. The number of benzene rings is 2. The molecule has 34 heavy (non-hydrogen) atoms. The molecule has 1 saturated heterocycles. The van der Waals surface area contributed by atoms with E-state index < -0.39 is 0 Å². The lowest BCUT2D eigenvalue weighted by molar-refractivity contribution is 0.0732. The summed E-state index contributed by atoms with van der Waals surface area (Å²) in [6.07, 6.45) is 3.46. The van der Waals surface area contributed by atoms with Crippen LogP contribution in [-0.4, -0.2) is 60.6 Å². The zero-order valence-corrected chi connectivity index (χ0v) is 21.0. The Kier molecular flexibility index (Phi) is 7.91. The van der Waals surface area contributed by atoms with Crippen molar-refractivity contribution in [1.29, 1.82) is 0 Å². The van der Waals surface area contributed by atoms with Crippen LogP contribution in [0.4, 0.5) is 5.88 Å². The van der Waals surface area contributed by atoms with Crippen molar-refractivity contribution < 1.29 is 9.32 Å². The molecule has 6 nitrogen and oxygen atoms in total. The third kappa shape index (κ3) is 5.62. The fraction of sp³-hybridized carbons (Fsp3) is 0.407. The Morgan fingerprint density at radius 3 is 2.50 bits per heavy atom. The molecular formula is C27H33ClN4O2. The average Bonchev–Trinajstić information content (AvgIpc) is 3.25. The molecule has 0 spiro atoms. The summed E-state index contributed by atoms with van der Waals surface area (Å²) in [5.74, 6) is 0.751. The normalized spacial score (nSPS) is 16.1. The number of nitrogens with zero attached hydrogens (tertiary/aromatic N) is 4. The third-order valence-electron chi connectivity index (χ3n) is 6.42. The van der Waals surface area contributed by atoms with Crippen molar-refractivity contribution in [3.8, 4) is 11.3 Å². The first kappa shape index (κ1) is 24.3. The quantitative estimate of drug-likeness (QED) is 0.421. The highest BCUT2D eigenvalue weighted by Crippen LogP contribution is 2.35. The molecule has 1 unspecified atom stereocenters. The van der Waals surface area contributed by atoms with Gasteiger partial charge in [0.1, 0.15) is 5.69 Å². The zero-order chi connectivity index (χ0) is 24.1. The van der Waals surface area contributed by atoms with Crippen LogP contribution in [0.2, 0.25) is 5.02 Å².